The van der Waals surface area contributed by atoms with Crippen molar-refractivity contribution in [3.05, 3.63) is 12.5 Å². The molecule has 1 aliphatic rings. The SMILES string of the molecule is c1ncc2nc(N3CCCCC3)sc2n1. The van der Waals surface area contributed by atoms with Gasteiger partial charge in [0.15, 0.2) is 5.13 Å². The molecular weight excluding hydrogens is 208 g/mol. The fraction of sp³-hybridized carbons (Fsp3) is 0.500. The molecule has 0 amide bonds. The van der Waals surface area contributed by atoms with Gasteiger partial charge >= 0.3 is 0 Å². The van der Waals surface area contributed by atoms with Gasteiger partial charge in [0.2, 0.25) is 0 Å². The first-order valence-electron chi connectivity index (χ1n) is 5.25. The van der Waals surface area contributed by atoms with E-state index in [2.05, 4.69) is 19.9 Å². The highest BCUT2D eigenvalue weighted by Gasteiger charge is 2.15. The Labute approximate surface area is 92.0 Å². The van der Waals surface area contributed by atoms with Gasteiger partial charge in [0.25, 0.3) is 0 Å². The fourth-order valence-corrected chi connectivity index (χ4v) is 2.83. The minimum atomic E-state index is 0.920. The molecule has 1 fully saturated rings. The van der Waals surface area contributed by atoms with Gasteiger partial charge in [-0.05, 0) is 19.3 Å². The van der Waals surface area contributed by atoms with Gasteiger partial charge in [-0.3, -0.25) is 0 Å². The molecule has 0 aliphatic carbocycles. The van der Waals surface area contributed by atoms with Crippen molar-refractivity contribution in [2.24, 2.45) is 0 Å². The second-order valence-corrected chi connectivity index (χ2v) is 4.71. The molecule has 0 unspecified atom stereocenters. The van der Waals surface area contributed by atoms with Crippen LogP contribution in [0.5, 0.6) is 0 Å². The predicted octanol–water partition coefficient (Wildman–Crippen LogP) is 2.08. The Morgan fingerprint density at radius 2 is 2.07 bits per heavy atom. The summed E-state index contributed by atoms with van der Waals surface area (Å²) in [4.78, 5) is 16.1. The van der Waals surface area contributed by atoms with Crippen molar-refractivity contribution in [2.45, 2.75) is 19.3 Å². The standard InChI is InChI=1S/C10H12N4S/c1-2-4-14(5-3-1)10-13-8-6-11-7-12-9(8)15-10/h6-7H,1-5H2. The van der Waals surface area contributed by atoms with E-state index in [4.69, 9.17) is 0 Å². The first-order valence-corrected chi connectivity index (χ1v) is 6.06. The Kier molecular flexibility index (Phi) is 2.25. The molecule has 0 saturated carbocycles. The predicted molar refractivity (Wildman–Crippen MR) is 61.3 cm³/mol. The Bertz CT molecular complexity index is 428. The zero-order valence-electron chi connectivity index (χ0n) is 8.39. The zero-order chi connectivity index (χ0) is 10.1. The topological polar surface area (TPSA) is 41.9 Å². The molecule has 1 saturated heterocycles. The van der Waals surface area contributed by atoms with Crippen LogP contribution in [0.3, 0.4) is 0 Å². The molecular formula is C10H12N4S. The molecule has 0 N–H and O–H groups in total. The van der Waals surface area contributed by atoms with Gasteiger partial charge in [0.1, 0.15) is 16.7 Å². The monoisotopic (exact) mass is 220 g/mol. The van der Waals surface area contributed by atoms with E-state index in [1.807, 2.05) is 0 Å². The van der Waals surface area contributed by atoms with Crippen molar-refractivity contribution < 1.29 is 0 Å². The third-order valence-corrected chi connectivity index (χ3v) is 3.73. The minimum Gasteiger partial charge on any atom is -0.348 e. The summed E-state index contributed by atoms with van der Waals surface area (Å²) >= 11 is 1.67. The third kappa shape index (κ3) is 1.67. The van der Waals surface area contributed by atoms with Crippen LogP contribution in [-0.4, -0.2) is 28.0 Å². The molecule has 15 heavy (non-hydrogen) atoms. The molecule has 0 atom stereocenters. The number of hydrogen-bond acceptors (Lipinski definition) is 5. The maximum atomic E-state index is 4.56. The van der Waals surface area contributed by atoms with E-state index in [1.54, 1.807) is 23.9 Å². The van der Waals surface area contributed by atoms with Crippen molar-refractivity contribution in [1.29, 1.82) is 0 Å². The van der Waals surface area contributed by atoms with E-state index in [9.17, 15) is 0 Å². The van der Waals surface area contributed by atoms with Crippen molar-refractivity contribution in [1.82, 2.24) is 15.0 Å². The van der Waals surface area contributed by atoms with Gasteiger partial charge in [-0.25, -0.2) is 15.0 Å². The highest BCUT2D eigenvalue weighted by atomic mass is 32.1. The fourth-order valence-electron chi connectivity index (χ4n) is 1.90. The number of fused-ring (bicyclic) bond motifs is 1. The van der Waals surface area contributed by atoms with Gasteiger partial charge in [0, 0.05) is 13.1 Å². The van der Waals surface area contributed by atoms with E-state index < -0.39 is 0 Å². The Morgan fingerprint density at radius 1 is 1.20 bits per heavy atom. The number of thiazole rings is 1. The number of anilines is 1. The maximum absolute atomic E-state index is 4.56. The lowest BCUT2D eigenvalue weighted by Gasteiger charge is -2.25. The summed E-state index contributed by atoms with van der Waals surface area (Å²) in [5, 5.41) is 1.10. The van der Waals surface area contributed by atoms with Crippen LogP contribution in [0.15, 0.2) is 12.5 Å². The van der Waals surface area contributed by atoms with Gasteiger partial charge in [0.05, 0.1) is 6.20 Å². The lowest BCUT2D eigenvalue weighted by molar-refractivity contribution is 0.577. The maximum Gasteiger partial charge on any atom is 0.188 e. The van der Waals surface area contributed by atoms with Crippen LogP contribution in [0, 0.1) is 0 Å². The van der Waals surface area contributed by atoms with Gasteiger partial charge in [-0.2, -0.15) is 0 Å². The summed E-state index contributed by atoms with van der Waals surface area (Å²) in [5.41, 5.74) is 0.920. The smallest absolute Gasteiger partial charge is 0.188 e. The molecule has 0 aromatic carbocycles. The number of hydrogen-bond donors (Lipinski definition) is 0. The normalized spacial score (nSPS) is 17.2. The summed E-state index contributed by atoms with van der Waals surface area (Å²) in [6.07, 6.45) is 7.27. The third-order valence-electron chi connectivity index (χ3n) is 2.69. The van der Waals surface area contributed by atoms with Crippen LogP contribution < -0.4 is 4.90 Å². The van der Waals surface area contributed by atoms with Crippen molar-refractivity contribution in [2.75, 3.05) is 18.0 Å². The quantitative estimate of drug-likeness (QED) is 0.738. The number of nitrogens with zero attached hydrogens (tertiary/aromatic N) is 4. The highest BCUT2D eigenvalue weighted by Crippen LogP contribution is 2.28. The van der Waals surface area contributed by atoms with E-state index in [0.29, 0.717) is 0 Å². The van der Waals surface area contributed by atoms with Gasteiger partial charge in [-0.1, -0.05) is 11.3 Å². The molecule has 0 radical (unpaired) electrons. The molecule has 5 heteroatoms. The van der Waals surface area contributed by atoms with Crippen LogP contribution in [-0.2, 0) is 0 Å². The molecule has 3 heterocycles. The highest BCUT2D eigenvalue weighted by molar-refractivity contribution is 7.21. The Hall–Kier alpha value is -1.23. The average Bonchev–Trinajstić information content (AvgIpc) is 2.74. The van der Waals surface area contributed by atoms with E-state index >= 15 is 0 Å². The lowest BCUT2D eigenvalue weighted by Crippen LogP contribution is -2.29. The summed E-state index contributed by atoms with van der Waals surface area (Å²) in [5.74, 6) is 0. The van der Waals surface area contributed by atoms with Crippen molar-refractivity contribution >= 4 is 26.8 Å². The molecule has 1 aliphatic heterocycles. The van der Waals surface area contributed by atoms with E-state index in [1.165, 1.54) is 19.3 Å². The lowest BCUT2D eigenvalue weighted by atomic mass is 10.1. The largest absolute Gasteiger partial charge is 0.348 e. The molecule has 2 aromatic heterocycles. The van der Waals surface area contributed by atoms with Crippen LogP contribution in [0.4, 0.5) is 5.13 Å². The van der Waals surface area contributed by atoms with Gasteiger partial charge < -0.3 is 4.90 Å². The Balaban J connectivity index is 1.96. The second kappa shape index (κ2) is 3.73. The van der Waals surface area contributed by atoms with E-state index in [-0.39, 0.29) is 0 Å². The minimum absolute atomic E-state index is 0.920. The summed E-state index contributed by atoms with van der Waals surface area (Å²) in [6.45, 7) is 2.26. The summed E-state index contributed by atoms with van der Waals surface area (Å²) < 4.78 is 0. The van der Waals surface area contributed by atoms with Crippen LogP contribution in [0.2, 0.25) is 0 Å². The molecule has 2 aromatic rings. The summed E-state index contributed by atoms with van der Waals surface area (Å²) in [7, 11) is 0. The van der Waals surface area contributed by atoms with E-state index in [0.717, 1.165) is 28.6 Å². The Morgan fingerprint density at radius 3 is 2.87 bits per heavy atom. The second-order valence-electron chi connectivity index (χ2n) is 3.76. The molecule has 3 rings (SSSR count). The first-order chi connectivity index (χ1) is 7.43. The number of aromatic nitrogens is 3. The molecule has 4 nitrogen and oxygen atoms in total. The number of rotatable bonds is 1. The molecule has 0 bridgehead atoms. The average molecular weight is 220 g/mol. The number of piperidine rings is 1. The van der Waals surface area contributed by atoms with Gasteiger partial charge in [-0.15, -0.1) is 0 Å². The summed E-state index contributed by atoms with van der Waals surface area (Å²) in [6, 6.07) is 0. The molecule has 78 valence electrons. The van der Waals surface area contributed by atoms with Crippen molar-refractivity contribution in [3.63, 3.8) is 0 Å². The van der Waals surface area contributed by atoms with Crippen LogP contribution >= 0.6 is 11.3 Å². The van der Waals surface area contributed by atoms with Crippen molar-refractivity contribution in [3.8, 4) is 0 Å². The first kappa shape index (κ1) is 9.03. The van der Waals surface area contributed by atoms with Crippen LogP contribution in [0.1, 0.15) is 19.3 Å². The zero-order valence-corrected chi connectivity index (χ0v) is 9.20. The molecule has 0 spiro atoms. The van der Waals surface area contributed by atoms with Crippen LogP contribution in [0.25, 0.3) is 10.3 Å².